The van der Waals surface area contributed by atoms with Crippen LogP contribution in [-0.2, 0) is 18.0 Å². The van der Waals surface area contributed by atoms with E-state index in [1.807, 2.05) is 36.4 Å². The van der Waals surface area contributed by atoms with Crippen molar-refractivity contribution >= 4 is 0 Å². The summed E-state index contributed by atoms with van der Waals surface area (Å²) in [5, 5.41) is 18.9. The molecule has 0 bridgehead atoms. The van der Waals surface area contributed by atoms with Crippen molar-refractivity contribution in [1.82, 2.24) is 0 Å². The summed E-state index contributed by atoms with van der Waals surface area (Å²) < 4.78 is 10.9. The number of ether oxygens (including phenoxy) is 2. The zero-order chi connectivity index (χ0) is 14.9. The van der Waals surface area contributed by atoms with Gasteiger partial charge < -0.3 is 19.7 Å². The third kappa shape index (κ3) is 5.55. The molecular formula is C17H20O4. The smallest absolute Gasteiger partial charge is 0.119 e. The SMILES string of the molecule is OCc1cccc(OCC(O)COCc2ccccc2)c1. The summed E-state index contributed by atoms with van der Waals surface area (Å²) in [6, 6.07) is 17.0. The van der Waals surface area contributed by atoms with Crippen molar-refractivity contribution in [2.75, 3.05) is 13.2 Å². The molecule has 0 aromatic heterocycles. The van der Waals surface area contributed by atoms with Crippen LogP contribution in [0.2, 0.25) is 0 Å². The first-order valence-electron chi connectivity index (χ1n) is 6.90. The van der Waals surface area contributed by atoms with Crippen molar-refractivity contribution in [3.05, 3.63) is 65.7 Å². The third-order valence-electron chi connectivity index (χ3n) is 2.95. The van der Waals surface area contributed by atoms with E-state index in [4.69, 9.17) is 14.6 Å². The minimum atomic E-state index is -0.688. The lowest BCUT2D eigenvalue weighted by molar-refractivity contribution is 0.00546. The highest BCUT2D eigenvalue weighted by atomic mass is 16.5. The summed E-state index contributed by atoms with van der Waals surface area (Å²) in [5.74, 6) is 0.628. The Morgan fingerprint density at radius 1 is 0.905 bits per heavy atom. The number of benzene rings is 2. The molecule has 0 radical (unpaired) electrons. The maximum absolute atomic E-state index is 9.82. The molecule has 0 amide bonds. The van der Waals surface area contributed by atoms with Crippen LogP contribution in [0.25, 0.3) is 0 Å². The molecule has 21 heavy (non-hydrogen) atoms. The van der Waals surface area contributed by atoms with E-state index < -0.39 is 6.10 Å². The second-order valence-electron chi connectivity index (χ2n) is 4.77. The normalized spacial score (nSPS) is 12.1. The first-order chi connectivity index (χ1) is 10.3. The van der Waals surface area contributed by atoms with E-state index in [0.29, 0.717) is 12.4 Å². The molecule has 2 aromatic rings. The Labute approximate surface area is 124 Å². The van der Waals surface area contributed by atoms with Gasteiger partial charge in [-0.1, -0.05) is 42.5 Å². The van der Waals surface area contributed by atoms with Crippen LogP contribution in [0, 0.1) is 0 Å². The van der Waals surface area contributed by atoms with E-state index in [2.05, 4.69) is 0 Å². The maximum Gasteiger partial charge on any atom is 0.119 e. The monoisotopic (exact) mass is 288 g/mol. The summed E-state index contributed by atoms with van der Waals surface area (Å²) in [5.41, 5.74) is 1.85. The predicted octanol–water partition coefficient (Wildman–Crippen LogP) is 2.14. The Balaban J connectivity index is 1.68. The minimum Gasteiger partial charge on any atom is -0.491 e. The molecule has 0 aliphatic rings. The Morgan fingerprint density at radius 2 is 1.67 bits per heavy atom. The lowest BCUT2D eigenvalue weighted by atomic mass is 10.2. The van der Waals surface area contributed by atoms with Crippen molar-refractivity contribution < 1.29 is 19.7 Å². The molecule has 0 saturated carbocycles. The average molecular weight is 288 g/mol. The van der Waals surface area contributed by atoms with Crippen molar-refractivity contribution in [3.8, 4) is 5.75 Å². The third-order valence-corrected chi connectivity index (χ3v) is 2.95. The van der Waals surface area contributed by atoms with Crippen LogP contribution in [0.15, 0.2) is 54.6 Å². The molecule has 0 heterocycles. The molecule has 4 heteroatoms. The van der Waals surface area contributed by atoms with Gasteiger partial charge >= 0.3 is 0 Å². The van der Waals surface area contributed by atoms with Gasteiger partial charge in [0.1, 0.15) is 18.5 Å². The van der Waals surface area contributed by atoms with Gasteiger partial charge in [0.15, 0.2) is 0 Å². The summed E-state index contributed by atoms with van der Waals surface area (Å²) >= 11 is 0. The Morgan fingerprint density at radius 3 is 2.43 bits per heavy atom. The van der Waals surface area contributed by atoms with Crippen molar-refractivity contribution in [2.24, 2.45) is 0 Å². The first kappa shape index (κ1) is 15.5. The summed E-state index contributed by atoms with van der Waals surface area (Å²) in [6.45, 7) is 0.816. The highest BCUT2D eigenvalue weighted by molar-refractivity contribution is 5.28. The summed E-state index contributed by atoms with van der Waals surface area (Å²) in [4.78, 5) is 0. The highest BCUT2D eigenvalue weighted by Gasteiger charge is 2.06. The summed E-state index contributed by atoms with van der Waals surface area (Å²) in [7, 11) is 0. The van der Waals surface area contributed by atoms with Crippen molar-refractivity contribution in [1.29, 1.82) is 0 Å². The molecule has 0 saturated heterocycles. The number of aliphatic hydroxyl groups excluding tert-OH is 2. The van der Waals surface area contributed by atoms with Gasteiger partial charge in [-0.25, -0.2) is 0 Å². The molecule has 0 fully saturated rings. The summed E-state index contributed by atoms with van der Waals surface area (Å²) in [6.07, 6.45) is -0.688. The molecule has 112 valence electrons. The van der Waals surface area contributed by atoms with E-state index in [0.717, 1.165) is 11.1 Å². The van der Waals surface area contributed by atoms with Gasteiger partial charge in [-0.3, -0.25) is 0 Å². The Bertz CT molecular complexity index is 527. The number of hydrogen-bond donors (Lipinski definition) is 2. The second kappa shape index (κ2) is 8.42. The van der Waals surface area contributed by atoms with Crippen LogP contribution in [0.1, 0.15) is 11.1 Å². The van der Waals surface area contributed by atoms with E-state index in [9.17, 15) is 5.11 Å². The van der Waals surface area contributed by atoms with Gasteiger partial charge in [0.25, 0.3) is 0 Å². The van der Waals surface area contributed by atoms with E-state index in [1.54, 1.807) is 18.2 Å². The van der Waals surface area contributed by atoms with Crippen LogP contribution in [-0.4, -0.2) is 29.5 Å². The zero-order valence-electron chi connectivity index (χ0n) is 11.8. The Kier molecular flexibility index (Phi) is 6.22. The fraction of sp³-hybridized carbons (Fsp3) is 0.294. The van der Waals surface area contributed by atoms with E-state index >= 15 is 0 Å². The van der Waals surface area contributed by atoms with E-state index in [1.165, 1.54) is 0 Å². The molecule has 2 N–H and O–H groups in total. The van der Waals surface area contributed by atoms with Gasteiger partial charge in [-0.15, -0.1) is 0 Å². The fourth-order valence-electron chi connectivity index (χ4n) is 1.86. The topological polar surface area (TPSA) is 58.9 Å². The molecule has 1 unspecified atom stereocenters. The molecule has 2 aromatic carbocycles. The van der Waals surface area contributed by atoms with Gasteiger partial charge in [0, 0.05) is 0 Å². The lowest BCUT2D eigenvalue weighted by Gasteiger charge is -2.13. The van der Waals surface area contributed by atoms with Crippen molar-refractivity contribution in [2.45, 2.75) is 19.3 Å². The molecule has 0 aliphatic carbocycles. The number of hydrogen-bond acceptors (Lipinski definition) is 4. The number of rotatable bonds is 8. The second-order valence-corrected chi connectivity index (χ2v) is 4.77. The van der Waals surface area contributed by atoms with Crippen LogP contribution >= 0.6 is 0 Å². The van der Waals surface area contributed by atoms with Crippen LogP contribution in [0.5, 0.6) is 5.75 Å². The van der Waals surface area contributed by atoms with Crippen LogP contribution in [0.4, 0.5) is 0 Å². The van der Waals surface area contributed by atoms with Gasteiger partial charge in [0.2, 0.25) is 0 Å². The first-order valence-corrected chi connectivity index (χ1v) is 6.90. The molecule has 2 rings (SSSR count). The predicted molar refractivity (Wildman–Crippen MR) is 80.0 cm³/mol. The highest BCUT2D eigenvalue weighted by Crippen LogP contribution is 2.13. The van der Waals surface area contributed by atoms with Crippen LogP contribution in [0.3, 0.4) is 0 Å². The quantitative estimate of drug-likeness (QED) is 0.781. The molecule has 1 atom stereocenters. The fourth-order valence-corrected chi connectivity index (χ4v) is 1.86. The molecule has 0 aliphatic heterocycles. The van der Waals surface area contributed by atoms with E-state index in [-0.39, 0.29) is 19.8 Å². The Hall–Kier alpha value is -1.88. The number of aliphatic hydroxyl groups is 2. The molecule has 0 spiro atoms. The van der Waals surface area contributed by atoms with Crippen LogP contribution < -0.4 is 4.74 Å². The van der Waals surface area contributed by atoms with Gasteiger partial charge in [-0.05, 0) is 23.3 Å². The van der Waals surface area contributed by atoms with Gasteiger partial charge in [0.05, 0.1) is 19.8 Å². The lowest BCUT2D eigenvalue weighted by Crippen LogP contribution is -2.23. The van der Waals surface area contributed by atoms with Gasteiger partial charge in [-0.2, -0.15) is 0 Å². The molecular weight excluding hydrogens is 268 g/mol. The average Bonchev–Trinajstić information content (AvgIpc) is 2.54. The molecule has 4 nitrogen and oxygen atoms in total. The zero-order valence-corrected chi connectivity index (χ0v) is 11.8. The minimum absolute atomic E-state index is 0.0278. The standard InChI is InChI=1S/C17H20O4/c18-10-15-7-4-8-17(9-15)21-13-16(19)12-20-11-14-5-2-1-3-6-14/h1-9,16,18-19H,10-13H2. The largest absolute Gasteiger partial charge is 0.491 e. The maximum atomic E-state index is 9.82. The van der Waals surface area contributed by atoms with Crippen molar-refractivity contribution in [3.63, 3.8) is 0 Å².